The number of likely N-dealkylation sites (N-methyl/N-ethyl adjacent to an activating group) is 1. The van der Waals surface area contributed by atoms with E-state index in [4.69, 9.17) is 0 Å². The van der Waals surface area contributed by atoms with Crippen molar-refractivity contribution in [3.8, 4) is 0 Å². The Balaban J connectivity index is 1.94. The van der Waals surface area contributed by atoms with Crippen LogP contribution in [0.15, 0.2) is 24.3 Å². The first-order valence-corrected chi connectivity index (χ1v) is 5.97. The second-order valence-electron chi connectivity index (χ2n) is 4.79. The Morgan fingerprint density at radius 2 is 1.94 bits per heavy atom. The van der Waals surface area contributed by atoms with Crippen LogP contribution in [-0.2, 0) is 0 Å². The number of hydrogen-bond donors (Lipinski definition) is 0. The maximum Gasteiger partial charge on any atom is 0.176 e. The fourth-order valence-electron chi connectivity index (χ4n) is 2.01. The minimum absolute atomic E-state index is 0.231. The molecule has 0 aromatic heterocycles. The van der Waals surface area contributed by atoms with E-state index in [9.17, 15) is 4.79 Å². The third kappa shape index (κ3) is 2.50. The van der Waals surface area contributed by atoms with E-state index < -0.39 is 0 Å². The summed E-state index contributed by atoms with van der Waals surface area (Å²) in [4.78, 5) is 14.2. The van der Waals surface area contributed by atoms with Gasteiger partial charge in [-0.15, -0.1) is 0 Å². The van der Waals surface area contributed by atoms with Gasteiger partial charge < -0.3 is 0 Å². The third-order valence-electron chi connectivity index (χ3n) is 3.46. The largest absolute Gasteiger partial charge is 0.296 e. The summed E-state index contributed by atoms with van der Waals surface area (Å²) in [6.07, 6.45) is 3.81. The Morgan fingerprint density at radius 3 is 2.44 bits per heavy atom. The Morgan fingerprint density at radius 1 is 1.31 bits per heavy atom. The Labute approximate surface area is 97.3 Å². The van der Waals surface area contributed by atoms with Crippen LogP contribution in [0.1, 0.15) is 35.2 Å². The molecular formula is C14H19NO. The highest BCUT2D eigenvalue weighted by Crippen LogP contribution is 2.23. The molecule has 2 rings (SSSR count). The van der Waals surface area contributed by atoms with Crippen molar-refractivity contribution in [2.24, 2.45) is 0 Å². The van der Waals surface area contributed by atoms with Crippen molar-refractivity contribution in [1.82, 2.24) is 4.90 Å². The number of ketones is 1. The highest BCUT2D eigenvalue weighted by molar-refractivity contribution is 5.97. The zero-order valence-corrected chi connectivity index (χ0v) is 10.1. The lowest BCUT2D eigenvalue weighted by Gasteiger charge is -2.34. The highest BCUT2D eigenvalue weighted by Gasteiger charge is 2.23. The number of aryl methyl sites for hydroxylation is 1. The van der Waals surface area contributed by atoms with E-state index in [1.807, 2.05) is 31.2 Å². The van der Waals surface area contributed by atoms with Crippen molar-refractivity contribution in [1.29, 1.82) is 0 Å². The molecule has 2 nitrogen and oxygen atoms in total. The molecule has 0 bridgehead atoms. The zero-order chi connectivity index (χ0) is 11.5. The lowest BCUT2D eigenvalue weighted by molar-refractivity contribution is 0.0870. The third-order valence-corrected chi connectivity index (χ3v) is 3.46. The molecule has 1 aliphatic rings. The Hall–Kier alpha value is -1.15. The van der Waals surface area contributed by atoms with Crippen LogP contribution in [-0.4, -0.2) is 30.3 Å². The number of benzene rings is 1. The number of carbonyl (C=O) groups excluding carboxylic acids is 1. The molecule has 0 radical (unpaired) electrons. The van der Waals surface area contributed by atoms with E-state index in [1.165, 1.54) is 24.8 Å². The maximum atomic E-state index is 12.0. The van der Waals surface area contributed by atoms with Crippen LogP contribution in [0.5, 0.6) is 0 Å². The Kier molecular flexibility index (Phi) is 3.39. The fraction of sp³-hybridized carbons (Fsp3) is 0.500. The van der Waals surface area contributed by atoms with E-state index in [0.717, 1.165) is 5.56 Å². The first-order valence-electron chi connectivity index (χ1n) is 5.97. The molecule has 0 saturated heterocycles. The number of hydrogen-bond acceptors (Lipinski definition) is 2. The van der Waals surface area contributed by atoms with E-state index >= 15 is 0 Å². The fourth-order valence-corrected chi connectivity index (χ4v) is 2.01. The van der Waals surface area contributed by atoms with Crippen LogP contribution in [0.25, 0.3) is 0 Å². The summed E-state index contributed by atoms with van der Waals surface area (Å²) < 4.78 is 0. The molecule has 1 aromatic rings. The number of nitrogens with zero attached hydrogens (tertiary/aromatic N) is 1. The van der Waals surface area contributed by atoms with E-state index in [-0.39, 0.29) is 5.78 Å². The summed E-state index contributed by atoms with van der Waals surface area (Å²) in [6.45, 7) is 2.59. The first kappa shape index (κ1) is 11.3. The van der Waals surface area contributed by atoms with Crippen molar-refractivity contribution >= 4 is 5.78 Å². The van der Waals surface area contributed by atoms with Gasteiger partial charge in [0.25, 0.3) is 0 Å². The van der Waals surface area contributed by atoms with Gasteiger partial charge in [0.2, 0.25) is 0 Å². The summed E-state index contributed by atoms with van der Waals surface area (Å²) in [6, 6.07) is 8.47. The average molecular weight is 217 g/mol. The predicted molar refractivity (Wildman–Crippen MR) is 65.8 cm³/mol. The standard InChI is InChI=1S/C14H19NO/c1-11-6-8-12(9-7-11)14(16)10-15(2)13-4-3-5-13/h6-9,13H,3-5,10H2,1-2H3. The van der Waals surface area contributed by atoms with Crippen LogP contribution in [0.2, 0.25) is 0 Å². The molecule has 0 unspecified atom stereocenters. The zero-order valence-electron chi connectivity index (χ0n) is 10.1. The number of rotatable bonds is 4. The second kappa shape index (κ2) is 4.79. The molecule has 0 spiro atoms. The van der Waals surface area contributed by atoms with Gasteiger partial charge in [-0.05, 0) is 26.8 Å². The molecule has 1 aromatic carbocycles. The highest BCUT2D eigenvalue weighted by atomic mass is 16.1. The van der Waals surface area contributed by atoms with Crippen molar-refractivity contribution in [3.63, 3.8) is 0 Å². The predicted octanol–water partition coefficient (Wildman–Crippen LogP) is 2.66. The topological polar surface area (TPSA) is 20.3 Å². The summed E-state index contributed by atoms with van der Waals surface area (Å²) in [5, 5.41) is 0. The lowest BCUT2D eigenvalue weighted by atomic mass is 9.91. The van der Waals surface area contributed by atoms with Gasteiger partial charge in [-0.1, -0.05) is 36.2 Å². The Bertz CT molecular complexity index is 365. The van der Waals surface area contributed by atoms with Crippen LogP contribution in [0, 0.1) is 6.92 Å². The maximum absolute atomic E-state index is 12.0. The van der Waals surface area contributed by atoms with Crippen molar-refractivity contribution < 1.29 is 4.79 Å². The smallest absolute Gasteiger partial charge is 0.176 e. The molecule has 1 fully saturated rings. The number of Topliss-reactive ketones (excluding diaryl/α,β-unsaturated/α-hetero) is 1. The summed E-state index contributed by atoms with van der Waals surface area (Å²) in [7, 11) is 2.05. The molecule has 0 atom stereocenters. The molecular weight excluding hydrogens is 198 g/mol. The second-order valence-corrected chi connectivity index (χ2v) is 4.79. The minimum atomic E-state index is 0.231. The lowest BCUT2D eigenvalue weighted by Crippen LogP contribution is -2.40. The van der Waals surface area contributed by atoms with Gasteiger partial charge in [0.1, 0.15) is 0 Å². The van der Waals surface area contributed by atoms with E-state index in [0.29, 0.717) is 12.6 Å². The van der Waals surface area contributed by atoms with Gasteiger partial charge in [0.05, 0.1) is 6.54 Å². The average Bonchev–Trinajstić information content (AvgIpc) is 2.15. The molecule has 1 saturated carbocycles. The van der Waals surface area contributed by atoms with Gasteiger partial charge in [-0.2, -0.15) is 0 Å². The number of carbonyl (C=O) groups is 1. The van der Waals surface area contributed by atoms with Crippen LogP contribution >= 0.6 is 0 Å². The van der Waals surface area contributed by atoms with Crippen molar-refractivity contribution in [2.45, 2.75) is 32.2 Å². The molecule has 0 amide bonds. The molecule has 1 aliphatic carbocycles. The minimum Gasteiger partial charge on any atom is -0.296 e. The summed E-state index contributed by atoms with van der Waals surface area (Å²) in [5.74, 6) is 0.231. The van der Waals surface area contributed by atoms with Gasteiger partial charge in [-0.3, -0.25) is 9.69 Å². The first-order chi connectivity index (χ1) is 7.66. The van der Waals surface area contributed by atoms with Gasteiger partial charge in [-0.25, -0.2) is 0 Å². The van der Waals surface area contributed by atoms with Gasteiger partial charge >= 0.3 is 0 Å². The summed E-state index contributed by atoms with van der Waals surface area (Å²) in [5.41, 5.74) is 2.03. The van der Waals surface area contributed by atoms with E-state index in [2.05, 4.69) is 11.9 Å². The summed E-state index contributed by atoms with van der Waals surface area (Å²) >= 11 is 0. The van der Waals surface area contributed by atoms with Crippen LogP contribution in [0.3, 0.4) is 0 Å². The molecule has 86 valence electrons. The SMILES string of the molecule is Cc1ccc(C(=O)CN(C)C2CCC2)cc1. The normalized spacial score (nSPS) is 16.2. The molecule has 0 N–H and O–H groups in total. The molecule has 0 heterocycles. The van der Waals surface area contributed by atoms with Gasteiger partial charge in [0.15, 0.2) is 5.78 Å². The van der Waals surface area contributed by atoms with Crippen LogP contribution in [0.4, 0.5) is 0 Å². The monoisotopic (exact) mass is 217 g/mol. The van der Waals surface area contributed by atoms with Crippen LogP contribution < -0.4 is 0 Å². The van der Waals surface area contributed by atoms with Crippen molar-refractivity contribution in [2.75, 3.05) is 13.6 Å². The molecule has 0 aliphatic heterocycles. The van der Waals surface area contributed by atoms with Crippen molar-refractivity contribution in [3.05, 3.63) is 35.4 Å². The quantitative estimate of drug-likeness (QED) is 0.723. The molecule has 16 heavy (non-hydrogen) atoms. The van der Waals surface area contributed by atoms with Gasteiger partial charge in [0, 0.05) is 11.6 Å². The van der Waals surface area contributed by atoms with E-state index in [1.54, 1.807) is 0 Å². The molecule has 2 heteroatoms.